The third-order valence-corrected chi connectivity index (χ3v) is 0. The van der Waals surface area contributed by atoms with Crippen molar-refractivity contribution in [1.29, 1.82) is 0 Å². The molecular weight excluding hydrogens is 118 g/mol. The Labute approximate surface area is 105 Å². The van der Waals surface area contributed by atoms with Crippen LogP contribution in [-0.2, 0) is 0 Å². The molecule has 0 rings (SSSR count). The Kier molecular flexibility index (Phi) is 112. The molecule has 0 amide bonds. The van der Waals surface area contributed by atoms with E-state index in [2.05, 4.69) is 0 Å². The molecule has 0 unspecified atom stereocenters. The summed E-state index contributed by atoms with van der Waals surface area (Å²) in [6.45, 7) is 0. The fourth-order valence-electron chi connectivity index (χ4n) is 0. The van der Waals surface area contributed by atoms with Gasteiger partial charge in [-0.25, -0.2) is 0 Å². The van der Waals surface area contributed by atoms with Crippen molar-refractivity contribution in [1.82, 2.24) is 0 Å². The van der Waals surface area contributed by atoms with Crippen molar-refractivity contribution in [2.45, 2.75) is 0 Å². The topological polar surface area (TPSA) is 0 Å². The Balaban J connectivity index is 0. The van der Waals surface area contributed by atoms with E-state index in [1.807, 2.05) is 0 Å². The van der Waals surface area contributed by atoms with Crippen LogP contribution in [0.5, 0.6) is 0 Å². The maximum Gasteiger partial charge on any atom is 2.00 e. The van der Waals surface area contributed by atoms with E-state index in [-0.39, 0.29) is 107 Å². The van der Waals surface area contributed by atoms with Crippen LogP contribution in [0.2, 0.25) is 0 Å². The van der Waals surface area contributed by atoms with Gasteiger partial charge < -0.3 is 4.28 Å². The molecule has 13 valence electrons. The molecule has 0 saturated heterocycles. The van der Waals surface area contributed by atoms with Crippen LogP contribution < -0.4 is 51.4 Å². The zero-order chi connectivity index (χ0) is 0. The van der Waals surface area contributed by atoms with Gasteiger partial charge in [-0.05, 0) is 0 Å². The molecule has 0 N–H and O–H groups in total. The Morgan fingerprint density at radius 3 is 1.25 bits per heavy atom. The Morgan fingerprint density at radius 1 is 1.25 bits per heavy atom. The maximum atomic E-state index is 0. The SMILES string of the molecule is [Al].[H-].[H-].[H-].[K+].[Mg+2].[Si]. The number of hydrogen-bond acceptors (Lipinski definition) is 0. The van der Waals surface area contributed by atoms with Crippen molar-refractivity contribution in [3.63, 3.8) is 0 Å². The smallest absolute Gasteiger partial charge is 1.00 e. The van der Waals surface area contributed by atoms with Gasteiger partial charge in [-0.3, -0.25) is 0 Å². The van der Waals surface area contributed by atoms with Gasteiger partial charge in [0.05, 0.1) is 0 Å². The summed E-state index contributed by atoms with van der Waals surface area (Å²) in [5.74, 6) is 0. The summed E-state index contributed by atoms with van der Waals surface area (Å²) in [4.78, 5) is 0. The first-order valence-corrected chi connectivity index (χ1v) is 0. The second kappa shape index (κ2) is 16.4. The van der Waals surface area contributed by atoms with E-state index in [9.17, 15) is 0 Å². The normalized spacial score (nSPS) is 0. The van der Waals surface area contributed by atoms with Crippen LogP contribution in [-0.4, -0.2) is 51.4 Å². The molecule has 7 radical (unpaired) electrons. The molecule has 0 nitrogen and oxygen atoms in total. The summed E-state index contributed by atoms with van der Waals surface area (Å²) < 4.78 is 0. The van der Waals surface area contributed by atoms with Crippen molar-refractivity contribution < 1.29 is 55.7 Å². The van der Waals surface area contributed by atoms with E-state index in [0.717, 1.165) is 0 Å². The minimum atomic E-state index is 0. The van der Waals surface area contributed by atoms with Crippen LogP contribution in [0, 0.1) is 0 Å². The van der Waals surface area contributed by atoms with Crippen LogP contribution >= 0.6 is 0 Å². The molecule has 0 heterocycles. The van der Waals surface area contributed by atoms with Crippen molar-refractivity contribution in [3.8, 4) is 0 Å². The van der Waals surface area contributed by atoms with Crippen LogP contribution in [0.15, 0.2) is 0 Å². The summed E-state index contributed by atoms with van der Waals surface area (Å²) in [5, 5.41) is 0. The molecule has 0 fully saturated rings. The van der Waals surface area contributed by atoms with Gasteiger partial charge in [-0.1, -0.05) is 0 Å². The summed E-state index contributed by atoms with van der Waals surface area (Å²) in [5.41, 5.74) is 0. The van der Waals surface area contributed by atoms with E-state index < -0.39 is 0 Å². The molecule has 0 aliphatic rings. The molecule has 0 aromatic carbocycles. The summed E-state index contributed by atoms with van der Waals surface area (Å²) >= 11 is 0. The molecule has 4 heavy (non-hydrogen) atoms. The zero-order valence-electron chi connectivity index (χ0n) is 5.78. The van der Waals surface area contributed by atoms with Crippen molar-refractivity contribution in [2.24, 2.45) is 0 Å². The minimum Gasteiger partial charge on any atom is -1.00 e. The summed E-state index contributed by atoms with van der Waals surface area (Å²) in [7, 11) is 0. The second-order valence-corrected chi connectivity index (χ2v) is 0. The third kappa shape index (κ3) is 8.94. The van der Waals surface area contributed by atoms with Crippen LogP contribution in [0.1, 0.15) is 4.28 Å². The van der Waals surface area contributed by atoms with E-state index in [4.69, 9.17) is 0 Å². The van der Waals surface area contributed by atoms with E-state index in [1.54, 1.807) is 0 Å². The van der Waals surface area contributed by atoms with E-state index in [1.165, 1.54) is 0 Å². The van der Waals surface area contributed by atoms with Crippen LogP contribution in [0.3, 0.4) is 0 Å². The average molecular weight is 121 g/mol. The quantitative estimate of drug-likeness (QED) is 0.289. The average Bonchev–Trinajstić information content (AvgIpc) is 0. The first-order chi connectivity index (χ1) is 0. The van der Waals surface area contributed by atoms with Crippen molar-refractivity contribution in [2.75, 3.05) is 0 Å². The molecule has 0 bridgehead atoms. The fourth-order valence-corrected chi connectivity index (χ4v) is 0. The molecule has 0 aliphatic heterocycles. The zero-order valence-corrected chi connectivity index (χ0v) is 9.48. The predicted octanol–water partition coefficient (Wildman–Crippen LogP) is -3.80. The van der Waals surface area contributed by atoms with Gasteiger partial charge >= 0.3 is 74.4 Å². The Morgan fingerprint density at radius 2 is 1.25 bits per heavy atom. The van der Waals surface area contributed by atoms with Crippen LogP contribution in [0.25, 0.3) is 0 Å². The van der Waals surface area contributed by atoms with Crippen molar-refractivity contribution >= 4 is 51.4 Å². The number of hydrogen-bond donors (Lipinski definition) is 0. The van der Waals surface area contributed by atoms with Gasteiger partial charge in [0.15, 0.2) is 0 Å². The predicted molar refractivity (Wildman–Crippen MR) is 20.6 cm³/mol. The standard InChI is InChI=1S/Al.K.Mg.Si.3H/q;+1;+2;;3*-1. The first-order valence-electron chi connectivity index (χ1n) is 0. The molecule has 0 aliphatic carbocycles. The van der Waals surface area contributed by atoms with E-state index in [0.29, 0.717) is 0 Å². The van der Waals surface area contributed by atoms with Crippen molar-refractivity contribution in [3.05, 3.63) is 0 Å². The van der Waals surface area contributed by atoms with E-state index >= 15 is 0 Å². The number of rotatable bonds is 0. The van der Waals surface area contributed by atoms with Crippen LogP contribution in [0.4, 0.5) is 0 Å². The molecular formula is H3AlKMgSi. The minimum absolute atomic E-state index is 0. The fraction of sp³-hybridized carbons (Fsp3) is 0. The van der Waals surface area contributed by atoms with Gasteiger partial charge in [-0.15, -0.1) is 0 Å². The Hall–Kier alpha value is 3.15. The summed E-state index contributed by atoms with van der Waals surface area (Å²) in [6, 6.07) is 0. The molecule has 0 atom stereocenters. The summed E-state index contributed by atoms with van der Waals surface area (Å²) in [6.07, 6.45) is 0. The van der Waals surface area contributed by atoms with Gasteiger partial charge in [0.2, 0.25) is 0 Å². The van der Waals surface area contributed by atoms with Gasteiger partial charge in [0.1, 0.15) is 0 Å². The third-order valence-electron chi connectivity index (χ3n) is 0. The van der Waals surface area contributed by atoms with Gasteiger partial charge in [-0.2, -0.15) is 0 Å². The molecule has 4 heteroatoms. The molecule has 0 aromatic rings. The first kappa shape index (κ1) is 27.2. The second-order valence-electron chi connectivity index (χ2n) is 0. The molecule has 0 aromatic heterocycles. The monoisotopic (exact) mass is 121 g/mol. The van der Waals surface area contributed by atoms with Gasteiger partial charge in [0.25, 0.3) is 0 Å². The van der Waals surface area contributed by atoms with Gasteiger partial charge in [0, 0.05) is 28.3 Å². The Bertz CT molecular complexity index is 14.9. The molecule has 0 saturated carbocycles. The maximum absolute atomic E-state index is 0. The molecule has 0 spiro atoms. The largest absolute Gasteiger partial charge is 2.00 e.